The molecule has 2 atom stereocenters. The molecule has 0 aromatic heterocycles. The molecule has 8 nitrogen and oxygen atoms in total. The SMILES string of the molecule is CC1CN(C2CCN(C(=O)CCc3ccc4c(c3)CN(C(C)C)CC(=O)NCCCCCO4)CC2)CC(C)O1. The maximum absolute atomic E-state index is 13.1. The van der Waals surface area contributed by atoms with Crippen LogP contribution in [-0.4, -0.2) is 96.7 Å². The number of likely N-dealkylation sites (tertiary alicyclic amines) is 1. The van der Waals surface area contributed by atoms with E-state index >= 15 is 0 Å². The van der Waals surface area contributed by atoms with Crippen molar-refractivity contribution in [1.82, 2.24) is 20.0 Å². The molecule has 0 saturated carbocycles. The van der Waals surface area contributed by atoms with Crippen molar-refractivity contribution in [1.29, 1.82) is 0 Å². The van der Waals surface area contributed by atoms with Gasteiger partial charge in [-0.15, -0.1) is 0 Å². The average molecular weight is 543 g/mol. The summed E-state index contributed by atoms with van der Waals surface area (Å²) < 4.78 is 12.1. The van der Waals surface area contributed by atoms with E-state index in [1.165, 1.54) is 0 Å². The summed E-state index contributed by atoms with van der Waals surface area (Å²) in [6, 6.07) is 7.12. The molecule has 218 valence electrons. The lowest BCUT2D eigenvalue weighted by molar-refractivity contribution is -0.134. The highest BCUT2D eigenvalue weighted by Gasteiger charge is 2.31. The number of carbonyl (C=O) groups is 2. The van der Waals surface area contributed by atoms with Gasteiger partial charge in [-0.05, 0) is 77.8 Å². The standard InChI is InChI=1S/C31H50N4O4/c1-23(2)34-21-27-18-26(8-10-29(27)38-17-7-5-6-14-32-30(36)22-34)9-11-31(37)33-15-12-28(13-16-33)35-19-24(3)39-25(4)20-35/h8,10,18,23-25,28H,5-7,9,11-17,19-22H2,1-4H3,(H,32,36). The van der Waals surface area contributed by atoms with Gasteiger partial charge in [0.1, 0.15) is 5.75 Å². The molecule has 1 aromatic rings. The highest BCUT2D eigenvalue weighted by Crippen LogP contribution is 2.26. The van der Waals surface area contributed by atoms with Crippen molar-refractivity contribution in [2.45, 2.75) is 103 Å². The third-order valence-corrected chi connectivity index (χ3v) is 8.39. The summed E-state index contributed by atoms with van der Waals surface area (Å²) in [5.41, 5.74) is 2.24. The molecule has 3 aliphatic heterocycles. The summed E-state index contributed by atoms with van der Waals surface area (Å²) in [6.07, 6.45) is 6.85. The number of piperidine rings is 1. The quantitative estimate of drug-likeness (QED) is 0.613. The van der Waals surface area contributed by atoms with Crippen molar-refractivity contribution in [3.05, 3.63) is 29.3 Å². The third kappa shape index (κ3) is 8.92. The first kappa shape index (κ1) is 29.8. The zero-order chi connectivity index (χ0) is 27.8. The number of ether oxygens (including phenoxy) is 2. The van der Waals surface area contributed by atoms with Crippen LogP contribution in [0.15, 0.2) is 18.2 Å². The Kier molecular flexibility index (Phi) is 11.1. The minimum absolute atomic E-state index is 0.0774. The summed E-state index contributed by atoms with van der Waals surface area (Å²) in [4.78, 5) is 32.5. The highest BCUT2D eigenvalue weighted by atomic mass is 16.5. The van der Waals surface area contributed by atoms with E-state index in [9.17, 15) is 9.59 Å². The van der Waals surface area contributed by atoms with Crippen molar-refractivity contribution in [2.75, 3.05) is 45.9 Å². The van der Waals surface area contributed by atoms with Crippen molar-refractivity contribution in [3.63, 3.8) is 0 Å². The zero-order valence-electron chi connectivity index (χ0n) is 24.6. The molecule has 0 aliphatic carbocycles. The third-order valence-electron chi connectivity index (χ3n) is 8.39. The fraction of sp³-hybridized carbons (Fsp3) is 0.742. The van der Waals surface area contributed by atoms with E-state index in [0.717, 1.165) is 81.7 Å². The van der Waals surface area contributed by atoms with E-state index in [0.29, 0.717) is 38.6 Å². The minimum atomic E-state index is 0.0774. The zero-order valence-corrected chi connectivity index (χ0v) is 24.6. The summed E-state index contributed by atoms with van der Waals surface area (Å²) >= 11 is 0. The number of fused-ring (bicyclic) bond motifs is 1. The number of nitrogens with one attached hydrogen (secondary N) is 1. The van der Waals surface area contributed by atoms with Crippen LogP contribution in [0.3, 0.4) is 0 Å². The second-order valence-electron chi connectivity index (χ2n) is 12.0. The van der Waals surface area contributed by atoms with Crippen LogP contribution in [0.1, 0.15) is 77.3 Å². The van der Waals surface area contributed by atoms with Crippen LogP contribution in [0.25, 0.3) is 0 Å². The molecule has 3 heterocycles. The van der Waals surface area contributed by atoms with E-state index in [-0.39, 0.29) is 30.1 Å². The monoisotopic (exact) mass is 542 g/mol. The van der Waals surface area contributed by atoms with Gasteiger partial charge >= 0.3 is 0 Å². The fourth-order valence-electron chi connectivity index (χ4n) is 6.15. The number of carbonyl (C=O) groups excluding carboxylic acids is 2. The molecule has 1 aromatic carbocycles. The number of aryl methyl sites for hydroxylation is 1. The molecule has 3 aliphatic rings. The van der Waals surface area contributed by atoms with Crippen molar-refractivity contribution >= 4 is 11.8 Å². The van der Waals surface area contributed by atoms with Crippen molar-refractivity contribution in [2.24, 2.45) is 0 Å². The van der Waals surface area contributed by atoms with Gasteiger partial charge in [0.05, 0.1) is 25.4 Å². The molecule has 0 radical (unpaired) electrons. The van der Waals surface area contributed by atoms with Gasteiger partial charge in [0, 0.05) is 63.3 Å². The van der Waals surface area contributed by atoms with Crippen LogP contribution < -0.4 is 10.1 Å². The Bertz CT molecular complexity index is 937. The molecule has 4 rings (SSSR count). The van der Waals surface area contributed by atoms with E-state index in [1.54, 1.807) is 0 Å². The van der Waals surface area contributed by atoms with Crippen LogP contribution in [0.2, 0.25) is 0 Å². The molecule has 1 N–H and O–H groups in total. The molecule has 2 saturated heterocycles. The van der Waals surface area contributed by atoms with Gasteiger partial charge in [-0.2, -0.15) is 0 Å². The highest BCUT2D eigenvalue weighted by molar-refractivity contribution is 5.78. The second kappa shape index (κ2) is 14.5. The predicted octanol–water partition coefficient (Wildman–Crippen LogP) is 3.61. The normalized spacial score (nSPS) is 25.2. The Balaban J connectivity index is 1.34. The van der Waals surface area contributed by atoms with Crippen molar-refractivity contribution < 1.29 is 19.1 Å². The van der Waals surface area contributed by atoms with Crippen LogP contribution in [0.4, 0.5) is 0 Å². The smallest absolute Gasteiger partial charge is 0.234 e. The molecule has 0 spiro atoms. The van der Waals surface area contributed by atoms with Gasteiger partial charge in [-0.25, -0.2) is 0 Å². The molecule has 8 heteroatoms. The lowest BCUT2D eigenvalue weighted by Crippen LogP contribution is -2.53. The summed E-state index contributed by atoms with van der Waals surface area (Å²) in [5.74, 6) is 1.22. The summed E-state index contributed by atoms with van der Waals surface area (Å²) in [7, 11) is 0. The summed E-state index contributed by atoms with van der Waals surface area (Å²) in [6.45, 7) is 14.6. The van der Waals surface area contributed by atoms with E-state index < -0.39 is 0 Å². The molecule has 39 heavy (non-hydrogen) atoms. The van der Waals surface area contributed by atoms with Crippen LogP contribution in [0, 0.1) is 0 Å². The maximum atomic E-state index is 13.1. The Hall–Kier alpha value is -2.16. The molecular formula is C31H50N4O4. The Morgan fingerprint density at radius 1 is 1.05 bits per heavy atom. The molecule has 2 unspecified atom stereocenters. The first-order valence-corrected chi connectivity index (χ1v) is 15.2. The molecule has 0 bridgehead atoms. The second-order valence-corrected chi connectivity index (χ2v) is 12.0. The minimum Gasteiger partial charge on any atom is -0.493 e. The number of rotatable bonds is 5. The van der Waals surface area contributed by atoms with E-state index in [2.05, 4.69) is 65.9 Å². The predicted molar refractivity (Wildman–Crippen MR) is 154 cm³/mol. The van der Waals surface area contributed by atoms with E-state index in [4.69, 9.17) is 9.47 Å². The number of amides is 2. The van der Waals surface area contributed by atoms with Gasteiger partial charge in [-0.3, -0.25) is 19.4 Å². The van der Waals surface area contributed by atoms with Crippen LogP contribution >= 0.6 is 0 Å². The molecule has 2 fully saturated rings. The maximum Gasteiger partial charge on any atom is 0.234 e. The number of benzene rings is 1. The van der Waals surface area contributed by atoms with Gasteiger partial charge in [0.15, 0.2) is 0 Å². The number of hydrogen-bond donors (Lipinski definition) is 1. The molecule has 2 amide bonds. The topological polar surface area (TPSA) is 74.4 Å². The first-order chi connectivity index (χ1) is 18.8. The summed E-state index contributed by atoms with van der Waals surface area (Å²) in [5, 5.41) is 3.06. The first-order valence-electron chi connectivity index (χ1n) is 15.2. The van der Waals surface area contributed by atoms with E-state index in [1.807, 2.05) is 0 Å². The Labute approximate surface area is 235 Å². The van der Waals surface area contributed by atoms with Gasteiger partial charge < -0.3 is 19.7 Å². The van der Waals surface area contributed by atoms with Crippen LogP contribution in [-0.2, 0) is 27.3 Å². The van der Waals surface area contributed by atoms with Gasteiger partial charge in [-0.1, -0.05) is 12.1 Å². The number of nitrogens with zero attached hydrogens (tertiary/aromatic N) is 3. The lowest BCUT2D eigenvalue weighted by Gasteiger charge is -2.43. The number of hydrogen-bond acceptors (Lipinski definition) is 6. The van der Waals surface area contributed by atoms with Crippen LogP contribution in [0.5, 0.6) is 5.75 Å². The Morgan fingerprint density at radius 2 is 1.79 bits per heavy atom. The van der Waals surface area contributed by atoms with Crippen molar-refractivity contribution in [3.8, 4) is 5.75 Å². The average Bonchev–Trinajstić information content (AvgIpc) is 2.92. The fourth-order valence-corrected chi connectivity index (χ4v) is 6.15. The van der Waals surface area contributed by atoms with Gasteiger partial charge in [0.25, 0.3) is 0 Å². The largest absolute Gasteiger partial charge is 0.493 e. The van der Waals surface area contributed by atoms with Gasteiger partial charge in [0.2, 0.25) is 11.8 Å². The molecular weight excluding hydrogens is 492 g/mol. The Morgan fingerprint density at radius 3 is 2.51 bits per heavy atom. The lowest BCUT2D eigenvalue weighted by atomic mass is 10.00. The number of morpholine rings is 1.